The van der Waals surface area contributed by atoms with Crippen LogP contribution in [-0.2, 0) is 0 Å². The fraction of sp³-hybridized carbons (Fsp3) is 0. The number of carbonyl (C=O) groups excluding carboxylic acids is 1. The summed E-state index contributed by atoms with van der Waals surface area (Å²) < 4.78 is 5.73. The molecule has 2 aromatic heterocycles. The van der Waals surface area contributed by atoms with Gasteiger partial charge in [0, 0.05) is 17.4 Å². The molecule has 4 rings (SSSR count). The van der Waals surface area contributed by atoms with Crippen LogP contribution in [0.25, 0.3) is 22.7 Å². The van der Waals surface area contributed by atoms with E-state index >= 15 is 0 Å². The molecular weight excluding hydrogens is 396 g/mol. The van der Waals surface area contributed by atoms with E-state index < -0.39 is 0 Å². The number of hydrogen-bond donors (Lipinski definition) is 2. The van der Waals surface area contributed by atoms with E-state index in [1.54, 1.807) is 42.6 Å². The van der Waals surface area contributed by atoms with E-state index in [1.807, 2.05) is 24.3 Å². The molecule has 0 unspecified atom stereocenters. The fourth-order valence-corrected chi connectivity index (χ4v) is 3.03. The minimum absolute atomic E-state index is 0.154. The molecular formula is C20H13ClN4O2S. The molecule has 0 bridgehead atoms. The van der Waals surface area contributed by atoms with Crippen molar-refractivity contribution >= 4 is 51.8 Å². The lowest BCUT2D eigenvalue weighted by atomic mass is 10.2. The first-order valence-electron chi connectivity index (χ1n) is 8.29. The van der Waals surface area contributed by atoms with Gasteiger partial charge in [-0.1, -0.05) is 29.8 Å². The molecule has 2 aromatic carbocycles. The number of halogens is 1. The molecule has 0 aliphatic carbocycles. The number of benzene rings is 2. The van der Waals surface area contributed by atoms with Crippen molar-refractivity contribution in [1.29, 1.82) is 0 Å². The lowest BCUT2D eigenvalue weighted by molar-refractivity contribution is 0.0978. The minimum atomic E-state index is -0.385. The Labute approximate surface area is 170 Å². The van der Waals surface area contributed by atoms with Crippen molar-refractivity contribution in [3.05, 3.63) is 77.4 Å². The summed E-state index contributed by atoms with van der Waals surface area (Å²) in [6.45, 7) is 0. The van der Waals surface area contributed by atoms with Crippen molar-refractivity contribution < 1.29 is 9.21 Å². The van der Waals surface area contributed by atoms with Gasteiger partial charge in [0.1, 0.15) is 0 Å². The van der Waals surface area contributed by atoms with Crippen LogP contribution in [0.5, 0.6) is 0 Å². The molecule has 28 heavy (non-hydrogen) atoms. The summed E-state index contributed by atoms with van der Waals surface area (Å²) in [5.74, 6) is 0.0626. The highest BCUT2D eigenvalue weighted by Crippen LogP contribution is 2.25. The molecule has 0 saturated heterocycles. The number of rotatable bonds is 3. The Morgan fingerprint density at radius 1 is 1.07 bits per heavy atom. The summed E-state index contributed by atoms with van der Waals surface area (Å²) >= 11 is 11.3. The van der Waals surface area contributed by atoms with Crippen molar-refractivity contribution in [2.45, 2.75) is 0 Å². The van der Waals surface area contributed by atoms with Crippen molar-refractivity contribution in [1.82, 2.24) is 15.3 Å². The van der Waals surface area contributed by atoms with Gasteiger partial charge in [-0.25, -0.2) is 4.98 Å². The molecule has 0 atom stereocenters. The number of anilines is 1. The van der Waals surface area contributed by atoms with Gasteiger partial charge in [0.15, 0.2) is 16.3 Å². The Bertz CT molecular complexity index is 1160. The molecule has 2 heterocycles. The van der Waals surface area contributed by atoms with Gasteiger partial charge in [-0.15, -0.1) is 0 Å². The predicted molar refractivity (Wildman–Crippen MR) is 112 cm³/mol. The number of nitrogens with zero attached hydrogens (tertiary/aromatic N) is 2. The fourth-order valence-electron chi connectivity index (χ4n) is 2.60. The van der Waals surface area contributed by atoms with Crippen LogP contribution < -0.4 is 10.6 Å². The Morgan fingerprint density at radius 2 is 1.93 bits per heavy atom. The molecule has 0 saturated carbocycles. The Kier molecular flexibility index (Phi) is 5.01. The molecule has 0 radical (unpaired) electrons. The number of amides is 1. The lowest BCUT2D eigenvalue weighted by Crippen LogP contribution is -2.34. The molecule has 138 valence electrons. The second kappa shape index (κ2) is 7.75. The quantitative estimate of drug-likeness (QED) is 0.479. The topological polar surface area (TPSA) is 80.0 Å². The van der Waals surface area contributed by atoms with Crippen LogP contribution in [0.3, 0.4) is 0 Å². The third-order valence-electron chi connectivity index (χ3n) is 3.88. The Balaban J connectivity index is 1.49. The van der Waals surface area contributed by atoms with Gasteiger partial charge >= 0.3 is 0 Å². The third kappa shape index (κ3) is 3.85. The number of hydrogen-bond acceptors (Lipinski definition) is 5. The molecule has 8 heteroatoms. The molecule has 6 nitrogen and oxygen atoms in total. The second-order valence-electron chi connectivity index (χ2n) is 5.81. The van der Waals surface area contributed by atoms with Crippen LogP contribution in [-0.4, -0.2) is 21.0 Å². The van der Waals surface area contributed by atoms with Gasteiger partial charge in [0.25, 0.3) is 5.91 Å². The first kappa shape index (κ1) is 18.1. The molecule has 4 aromatic rings. The van der Waals surface area contributed by atoms with Gasteiger partial charge in [-0.3, -0.25) is 10.1 Å². The normalized spacial score (nSPS) is 10.6. The minimum Gasteiger partial charge on any atom is -0.434 e. The zero-order chi connectivity index (χ0) is 19.5. The van der Waals surface area contributed by atoms with Crippen molar-refractivity contribution in [2.24, 2.45) is 0 Å². The van der Waals surface area contributed by atoms with Crippen LogP contribution in [0.4, 0.5) is 5.69 Å². The highest BCUT2D eigenvalue weighted by molar-refractivity contribution is 7.80. The standard InChI is InChI=1S/C20H13ClN4O2S/c21-15-8-2-1-7-14(15)18(26)25-20(28)23-13-6-3-5-12(11-13)19-24-17-16(27-19)9-4-10-22-17/h1-11H,(H2,23,25,26,28). The summed E-state index contributed by atoms with van der Waals surface area (Å²) in [6, 6.07) is 17.7. The molecule has 0 aliphatic heterocycles. The first-order chi connectivity index (χ1) is 13.6. The van der Waals surface area contributed by atoms with E-state index in [4.69, 9.17) is 28.2 Å². The number of thiocarbonyl (C=S) groups is 1. The zero-order valence-electron chi connectivity index (χ0n) is 14.3. The van der Waals surface area contributed by atoms with Gasteiger partial charge in [0.2, 0.25) is 5.89 Å². The number of aromatic nitrogens is 2. The van der Waals surface area contributed by atoms with Crippen molar-refractivity contribution in [3.63, 3.8) is 0 Å². The lowest BCUT2D eigenvalue weighted by Gasteiger charge is -2.10. The van der Waals surface area contributed by atoms with E-state index in [0.717, 1.165) is 5.56 Å². The van der Waals surface area contributed by atoms with Crippen LogP contribution in [0.1, 0.15) is 10.4 Å². The first-order valence-corrected chi connectivity index (χ1v) is 9.07. The number of pyridine rings is 1. The van der Waals surface area contributed by atoms with E-state index in [-0.39, 0.29) is 11.0 Å². The van der Waals surface area contributed by atoms with Crippen molar-refractivity contribution in [2.75, 3.05) is 5.32 Å². The van der Waals surface area contributed by atoms with Crippen molar-refractivity contribution in [3.8, 4) is 11.5 Å². The molecule has 1 amide bonds. The molecule has 2 N–H and O–H groups in total. The maximum atomic E-state index is 12.3. The SMILES string of the molecule is O=C(NC(=S)Nc1cccc(-c2nc3ncccc3o2)c1)c1ccccc1Cl. The van der Waals surface area contributed by atoms with Gasteiger partial charge < -0.3 is 9.73 Å². The summed E-state index contributed by atoms with van der Waals surface area (Å²) in [4.78, 5) is 20.8. The number of carbonyl (C=O) groups is 1. The van der Waals surface area contributed by atoms with E-state index in [0.29, 0.717) is 33.4 Å². The second-order valence-corrected chi connectivity index (χ2v) is 6.63. The summed E-state index contributed by atoms with van der Waals surface area (Å²) in [6.07, 6.45) is 1.66. The maximum absolute atomic E-state index is 12.3. The highest BCUT2D eigenvalue weighted by Gasteiger charge is 2.12. The maximum Gasteiger partial charge on any atom is 0.258 e. The van der Waals surface area contributed by atoms with Crippen LogP contribution in [0.15, 0.2) is 71.3 Å². The third-order valence-corrected chi connectivity index (χ3v) is 4.41. The summed E-state index contributed by atoms with van der Waals surface area (Å²) in [7, 11) is 0. The molecule has 0 spiro atoms. The highest BCUT2D eigenvalue weighted by atomic mass is 35.5. The average Bonchev–Trinajstić information content (AvgIpc) is 3.12. The van der Waals surface area contributed by atoms with E-state index in [2.05, 4.69) is 20.6 Å². The van der Waals surface area contributed by atoms with E-state index in [9.17, 15) is 4.79 Å². The smallest absolute Gasteiger partial charge is 0.258 e. The van der Waals surface area contributed by atoms with Crippen LogP contribution in [0.2, 0.25) is 5.02 Å². The average molecular weight is 409 g/mol. The summed E-state index contributed by atoms with van der Waals surface area (Å²) in [5, 5.41) is 6.10. The molecule has 0 aliphatic rings. The Hall–Kier alpha value is -3.29. The van der Waals surface area contributed by atoms with Gasteiger partial charge in [-0.2, -0.15) is 4.98 Å². The number of nitrogens with one attached hydrogen (secondary N) is 2. The zero-order valence-corrected chi connectivity index (χ0v) is 15.9. The number of fused-ring (bicyclic) bond motifs is 1. The summed E-state index contributed by atoms with van der Waals surface area (Å²) in [5.41, 5.74) is 2.93. The largest absolute Gasteiger partial charge is 0.434 e. The van der Waals surface area contributed by atoms with Gasteiger partial charge in [0.05, 0.1) is 10.6 Å². The monoisotopic (exact) mass is 408 g/mol. The van der Waals surface area contributed by atoms with Crippen LogP contribution in [0, 0.1) is 0 Å². The molecule has 0 fully saturated rings. The predicted octanol–water partition coefficient (Wildman–Crippen LogP) is 4.67. The van der Waals surface area contributed by atoms with E-state index in [1.165, 1.54) is 0 Å². The van der Waals surface area contributed by atoms with Crippen LogP contribution >= 0.6 is 23.8 Å². The Morgan fingerprint density at radius 3 is 2.75 bits per heavy atom. The number of oxazole rings is 1. The van der Waals surface area contributed by atoms with Gasteiger partial charge in [-0.05, 0) is 54.7 Å².